The van der Waals surface area contributed by atoms with Gasteiger partial charge in [-0.25, -0.2) is 0 Å². The van der Waals surface area contributed by atoms with Gasteiger partial charge in [-0.15, -0.1) is 0 Å². The van der Waals surface area contributed by atoms with Crippen LogP contribution in [0.4, 0.5) is 5.69 Å². The summed E-state index contributed by atoms with van der Waals surface area (Å²) in [5.74, 6) is -0.526. The third kappa shape index (κ3) is 5.97. The number of carbonyl (C=O) groups is 2. The number of para-hydroxylation sites is 1. The summed E-state index contributed by atoms with van der Waals surface area (Å²) < 4.78 is 5.28. The predicted octanol–water partition coefficient (Wildman–Crippen LogP) is 4.54. The maximum Gasteiger partial charge on any atom is 0.326 e. The van der Waals surface area contributed by atoms with Crippen LogP contribution in [0.5, 0.6) is 0 Å². The van der Waals surface area contributed by atoms with E-state index in [1.54, 1.807) is 0 Å². The fourth-order valence-electron chi connectivity index (χ4n) is 5.88. The molecule has 0 radical (unpaired) electrons. The molecule has 0 bridgehead atoms. The zero-order valence-corrected chi connectivity index (χ0v) is 23.5. The lowest BCUT2D eigenvalue weighted by Crippen LogP contribution is -2.36. The maximum atomic E-state index is 12.3. The largest absolute Gasteiger partial charge is 0.459 e. The molecule has 0 saturated heterocycles. The van der Waals surface area contributed by atoms with E-state index in [1.165, 1.54) is 36.9 Å². The number of anilines is 1. The van der Waals surface area contributed by atoms with Crippen LogP contribution in [0.3, 0.4) is 0 Å². The summed E-state index contributed by atoms with van der Waals surface area (Å²) in [4.78, 5) is 25.9. The number of hydrogen-bond acceptors (Lipinski definition) is 4. The van der Waals surface area contributed by atoms with Gasteiger partial charge in [0.25, 0.3) is 0 Å². The Hall–Kier alpha value is -4.74. The molecule has 4 aromatic rings. The van der Waals surface area contributed by atoms with Crippen molar-refractivity contribution in [3.63, 3.8) is 0 Å². The fraction of sp³-hybridized carbons (Fsp3) is 0.189. The Bertz CT molecular complexity index is 1880. The van der Waals surface area contributed by atoms with Crippen LogP contribution in [-0.4, -0.2) is 24.5 Å². The van der Waals surface area contributed by atoms with E-state index in [0.29, 0.717) is 0 Å². The monoisotopic (exact) mass is 554 g/mol. The summed E-state index contributed by atoms with van der Waals surface area (Å²) >= 11 is 0. The molecule has 42 heavy (non-hydrogen) atoms. The van der Waals surface area contributed by atoms with E-state index in [2.05, 4.69) is 48.6 Å². The highest BCUT2D eigenvalue weighted by atomic mass is 16.5. The molecule has 5 heteroatoms. The number of nitrogens with two attached hydrogens (primary N) is 1. The van der Waals surface area contributed by atoms with Crippen LogP contribution in [0.2, 0.25) is 0 Å². The van der Waals surface area contributed by atoms with Gasteiger partial charge >= 0.3 is 5.97 Å². The zero-order valence-electron chi connectivity index (χ0n) is 23.5. The molecule has 7 rings (SSSR count). The zero-order chi connectivity index (χ0) is 28.9. The minimum absolute atomic E-state index is 0.0790. The van der Waals surface area contributed by atoms with Crippen molar-refractivity contribution in [2.45, 2.75) is 38.3 Å². The number of benzene rings is 4. The van der Waals surface area contributed by atoms with E-state index in [9.17, 15) is 9.59 Å². The quantitative estimate of drug-likeness (QED) is 0.376. The molecule has 2 N–H and O–H groups in total. The molecule has 1 amide bonds. The highest BCUT2D eigenvalue weighted by Crippen LogP contribution is 2.25. The molecule has 0 spiro atoms. The number of esters is 1. The third-order valence-corrected chi connectivity index (χ3v) is 8.00. The first-order valence-corrected chi connectivity index (χ1v) is 14.5. The van der Waals surface area contributed by atoms with E-state index in [0.717, 1.165) is 36.1 Å². The second-order valence-electron chi connectivity index (χ2n) is 10.9. The summed E-state index contributed by atoms with van der Waals surface area (Å²) in [6, 6.07) is 30.5. The Morgan fingerprint density at radius 1 is 0.810 bits per heavy atom. The third-order valence-electron chi connectivity index (χ3n) is 8.00. The fourth-order valence-corrected chi connectivity index (χ4v) is 5.88. The second-order valence-corrected chi connectivity index (χ2v) is 10.9. The topological polar surface area (TPSA) is 72.6 Å². The number of nitrogens with zero attached hydrogens (tertiary/aromatic N) is 1. The Morgan fingerprint density at radius 3 is 2.48 bits per heavy atom. The molecule has 210 valence electrons. The van der Waals surface area contributed by atoms with Crippen molar-refractivity contribution >= 4 is 35.8 Å². The van der Waals surface area contributed by atoms with Crippen LogP contribution in [0.25, 0.3) is 18.2 Å². The Morgan fingerprint density at radius 2 is 1.60 bits per heavy atom. The van der Waals surface area contributed by atoms with Crippen molar-refractivity contribution < 1.29 is 14.3 Å². The summed E-state index contributed by atoms with van der Waals surface area (Å²) in [6.45, 7) is 0.131. The molecular weight excluding hydrogens is 520 g/mol. The lowest BCUT2D eigenvalue weighted by Gasteiger charge is -2.22. The van der Waals surface area contributed by atoms with Crippen molar-refractivity contribution in [3.05, 3.63) is 140 Å². The number of hydrogen-bond donors (Lipinski definition) is 1. The molecule has 0 unspecified atom stereocenters. The van der Waals surface area contributed by atoms with Crippen molar-refractivity contribution in [2.24, 2.45) is 5.73 Å². The summed E-state index contributed by atoms with van der Waals surface area (Å²) in [5.41, 5.74) is 11.7. The smallest absolute Gasteiger partial charge is 0.326 e. The summed E-state index contributed by atoms with van der Waals surface area (Å²) in [6.07, 6.45) is 11.7. The first-order valence-electron chi connectivity index (χ1n) is 14.5. The van der Waals surface area contributed by atoms with Gasteiger partial charge in [0.05, 0.1) is 5.69 Å². The molecule has 2 aliphatic carbocycles. The Balaban J connectivity index is 0.000000153. The molecular formula is C37H34N2O3. The molecule has 4 aromatic carbocycles. The number of fused-ring (bicyclic) bond motifs is 5. The average Bonchev–Trinajstić information content (AvgIpc) is 3.18. The van der Waals surface area contributed by atoms with Crippen LogP contribution in [0.15, 0.2) is 97.1 Å². The number of rotatable bonds is 4. The van der Waals surface area contributed by atoms with Crippen LogP contribution in [0, 0.1) is 10.4 Å². The van der Waals surface area contributed by atoms with Gasteiger partial charge in [0.1, 0.15) is 13.2 Å². The van der Waals surface area contributed by atoms with Gasteiger partial charge in [-0.1, -0.05) is 109 Å². The minimum Gasteiger partial charge on any atom is -0.459 e. The molecule has 0 saturated carbocycles. The molecule has 1 heterocycles. The number of ether oxygens (including phenoxy) is 1. The summed E-state index contributed by atoms with van der Waals surface area (Å²) in [5, 5.41) is 5.53. The van der Waals surface area contributed by atoms with E-state index in [4.69, 9.17) is 10.5 Å². The Labute approximate surface area is 245 Å². The molecule has 1 aliphatic heterocycles. The normalized spacial score (nSPS) is 16.2. The van der Waals surface area contributed by atoms with Crippen molar-refractivity contribution in [2.75, 3.05) is 11.4 Å². The van der Waals surface area contributed by atoms with Crippen LogP contribution in [-0.2, 0) is 33.8 Å². The molecule has 1 atom stereocenters. The minimum atomic E-state index is -0.418. The average molecular weight is 555 g/mol. The first kappa shape index (κ1) is 27.4. The summed E-state index contributed by atoms with van der Waals surface area (Å²) in [7, 11) is 0. The standard InChI is InChI=1S/C19H17NO3.C18H17N/c21-18-12-6-10-16-9-4-5-11-17(16)20(18)13-19(22)23-14-15-7-2-1-3-8-15;19-14-8-5-13-7-9-16-15-4-2-1-3-12(15)6-10-17(16)18(13)11-14/h1-11H,12-14H2;1-7,9,14H,8,10-11,19H2/t;14-/m.0/s1. The van der Waals surface area contributed by atoms with E-state index < -0.39 is 5.97 Å². The second kappa shape index (κ2) is 12.4. The molecule has 0 fully saturated rings. The van der Waals surface area contributed by atoms with E-state index in [-0.39, 0.29) is 31.5 Å². The van der Waals surface area contributed by atoms with Crippen molar-refractivity contribution in [3.8, 4) is 0 Å². The van der Waals surface area contributed by atoms with Crippen molar-refractivity contribution in [1.82, 2.24) is 0 Å². The van der Waals surface area contributed by atoms with E-state index in [1.807, 2.05) is 66.7 Å². The van der Waals surface area contributed by atoms with Gasteiger partial charge in [-0.3, -0.25) is 9.59 Å². The van der Waals surface area contributed by atoms with Crippen molar-refractivity contribution in [1.29, 1.82) is 0 Å². The Kier molecular flexibility index (Phi) is 8.11. The lowest BCUT2D eigenvalue weighted by atomic mass is 9.87. The highest BCUT2D eigenvalue weighted by Gasteiger charge is 2.22. The van der Waals surface area contributed by atoms with Gasteiger partial charge in [0.2, 0.25) is 5.91 Å². The van der Waals surface area contributed by atoms with Crippen LogP contribution in [0.1, 0.15) is 35.1 Å². The van der Waals surface area contributed by atoms with Gasteiger partial charge in [0, 0.05) is 12.5 Å². The number of carbonyl (C=O) groups excluding carboxylic acids is 2. The van der Waals surface area contributed by atoms with Crippen LogP contribution >= 0.6 is 0 Å². The molecule has 0 aromatic heterocycles. The number of amides is 1. The van der Waals surface area contributed by atoms with Gasteiger partial charge in [-0.05, 0) is 68.5 Å². The predicted molar refractivity (Wildman–Crippen MR) is 167 cm³/mol. The molecule has 3 aliphatic rings. The molecule has 5 nitrogen and oxygen atoms in total. The SMILES string of the molecule is N[C@H]1CC=c2ccc3c(c2C1)CC=c1ccccc1=3.O=C(CN1C(=O)CC=Cc2ccccc21)OCc1ccccc1. The first-order chi connectivity index (χ1) is 20.6. The van der Waals surface area contributed by atoms with Gasteiger partial charge in [0.15, 0.2) is 0 Å². The van der Waals surface area contributed by atoms with Crippen LogP contribution < -0.4 is 21.1 Å². The lowest BCUT2D eigenvalue weighted by molar-refractivity contribution is -0.144. The van der Waals surface area contributed by atoms with Gasteiger partial charge in [-0.2, -0.15) is 0 Å². The van der Waals surface area contributed by atoms with Gasteiger partial charge < -0.3 is 15.4 Å². The highest BCUT2D eigenvalue weighted by molar-refractivity contribution is 6.01. The van der Waals surface area contributed by atoms with E-state index >= 15 is 0 Å². The maximum absolute atomic E-state index is 12.3.